The summed E-state index contributed by atoms with van der Waals surface area (Å²) in [5.41, 5.74) is 2.15. The first-order chi connectivity index (χ1) is 7.83. The fourth-order valence-corrected chi connectivity index (χ4v) is 1.75. The van der Waals surface area contributed by atoms with E-state index >= 15 is 0 Å². The molecule has 2 rings (SSSR count). The number of aromatic nitrogens is 2. The molecule has 2 aromatic rings. The Bertz CT molecular complexity index is 450. The summed E-state index contributed by atoms with van der Waals surface area (Å²) in [6.07, 6.45) is 4.18. The van der Waals surface area contributed by atoms with Gasteiger partial charge in [-0.15, -0.1) is 0 Å². The smallest absolute Gasteiger partial charge is 0.132 e. The van der Waals surface area contributed by atoms with E-state index in [4.69, 9.17) is 4.74 Å². The molecule has 1 unspecified atom stereocenters. The molecule has 3 heteroatoms. The molecule has 0 aliphatic rings. The normalized spacial score (nSPS) is 13.1. The van der Waals surface area contributed by atoms with E-state index in [1.807, 2.05) is 24.5 Å². The Morgan fingerprint density at radius 3 is 3.00 bits per heavy atom. The number of unbranched alkanes of at least 4 members (excludes halogenated alkanes) is 1. The van der Waals surface area contributed by atoms with Crippen molar-refractivity contribution < 1.29 is 4.74 Å². The molecule has 1 atom stereocenters. The maximum atomic E-state index is 5.76. The van der Waals surface area contributed by atoms with E-state index in [2.05, 4.69) is 29.5 Å². The van der Waals surface area contributed by atoms with Crippen molar-refractivity contribution in [1.82, 2.24) is 9.55 Å². The largest absolute Gasteiger partial charge is 0.358 e. The summed E-state index contributed by atoms with van der Waals surface area (Å²) in [5, 5.41) is 0. The molecule has 1 aromatic heterocycles. The van der Waals surface area contributed by atoms with Crippen LogP contribution in [0.15, 0.2) is 30.6 Å². The van der Waals surface area contributed by atoms with Crippen LogP contribution in [-0.4, -0.2) is 16.2 Å². The van der Waals surface area contributed by atoms with E-state index in [9.17, 15) is 0 Å². The topological polar surface area (TPSA) is 27.1 Å². The van der Waals surface area contributed by atoms with Gasteiger partial charge in [-0.05, 0) is 25.5 Å². The van der Waals surface area contributed by atoms with Gasteiger partial charge in [-0.1, -0.05) is 25.5 Å². The lowest BCUT2D eigenvalue weighted by Crippen LogP contribution is -2.09. The van der Waals surface area contributed by atoms with Crippen molar-refractivity contribution in [1.29, 1.82) is 0 Å². The van der Waals surface area contributed by atoms with E-state index < -0.39 is 0 Å². The number of fused-ring (bicyclic) bond motifs is 1. The van der Waals surface area contributed by atoms with E-state index in [1.165, 1.54) is 0 Å². The third-order valence-corrected chi connectivity index (χ3v) is 2.73. The standard InChI is InChI=1S/C13H18N2O/c1-3-4-9-16-11(2)15-10-14-12-7-5-6-8-13(12)15/h5-8,10-11H,3-4,9H2,1-2H3. The lowest BCUT2D eigenvalue weighted by Gasteiger charge is -2.15. The third-order valence-electron chi connectivity index (χ3n) is 2.73. The van der Waals surface area contributed by atoms with Gasteiger partial charge in [0.1, 0.15) is 6.23 Å². The molecule has 0 saturated carbocycles. The van der Waals surface area contributed by atoms with Crippen LogP contribution in [0.4, 0.5) is 0 Å². The van der Waals surface area contributed by atoms with Crippen molar-refractivity contribution >= 4 is 11.0 Å². The molecule has 0 bridgehead atoms. The number of hydrogen-bond acceptors (Lipinski definition) is 2. The Kier molecular flexibility index (Phi) is 3.57. The first-order valence-corrected chi connectivity index (χ1v) is 5.86. The van der Waals surface area contributed by atoms with Crippen LogP contribution in [0.2, 0.25) is 0 Å². The van der Waals surface area contributed by atoms with Gasteiger partial charge in [0, 0.05) is 6.61 Å². The molecular formula is C13H18N2O. The van der Waals surface area contributed by atoms with E-state index in [-0.39, 0.29) is 6.23 Å². The molecule has 0 radical (unpaired) electrons. The predicted octanol–water partition coefficient (Wildman–Crippen LogP) is 3.37. The zero-order valence-electron chi connectivity index (χ0n) is 9.89. The van der Waals surface area contributed by atoms with Gasteiger partial charge >= 0.3 is 0 Å². The van der Waals surface area contributed by atoms with Crippen LogP contribution in [0, 0.1) is 0 Å². The second-order valence-electron chi connectivity index (χ2n) is 3.96. The molecule has 0 spiro atoms. The van der Waals surface area contributed by atoms with E-state index in [1.54, 1.807) is 0 Å². The number of benzene rings is 1. The van der Waals surface area contributed by atoms with Crippen molar-refractivity contribution in [2.24, 2.45) is 0 Å². The molecule has 0 saturated heterocycles. The quantitative estimate of drug-likeness (QED) is 0.719. The number of hydrogen-bond donors (Lipinski definition) is 0. The first kappa shape index (κ1) is 11.1. The lowest BCUT2D eigenvalue weighted by molar-refractivity contribution is 0.0174. The van der Waals surface area contributed by atoms with Crippen molar-refractivity contribution in [2.75, 3.05) is 6.61 Å². The molecule has 16 heavy (non-hydrogen) atoms. The van der Waals surface area contributed by atoms with Gasteiger partial charge in [0.05, 0.1) is 17.4 Å². The average molecular weight is 218 g/mol. The van der Waals surface area contributed by atoms with Crippen LogP contribution < -0.4 is 0 Å². The predicted molar refractivity (Wildman–Crippen MR) is 65.3 cm³/mol. The van der Waals surface area contributed by atoms with Gasteiger partial charge < -0.3 is 9.30 Å². The summed E-state index contributed by atoms with van der Waals surface area (Å²) < 4.78 is 7.83. The second kappa shape index (κ2) is 5.12. The summed E-state index contributed by atoms with van der Waals surface area (Å²) in [6, 6.07) is 8.12. The van der Waals surface area contributed by atoms with Crippen LogP contribution in [0.25, 0.3) is 11.0 Å². The number of rotatable bonds is 5. The second-order valence-corrected chi connectivity index (χ2v) is 3.96. The molecule has 0 aliphatic carbocycles. The van der Waals surface area contributed by atoms with E-state index in [0.29, 0.717) is 0 Å². The zero-order chi connectivity index (χ0) is 11.4. The van der Waals surface area contributed by atoms with Gasteiger partial charge in [-0.3, -0.25) is 0 Å². The summed E-state index contributed by atoms with van der Waals surface area (Å²) in [7, 11) is 0. The minimum absolute atomic E-state index is 0.0546. The van der Waals surface area contributed by atoms with Crippen LogP contribution in [-0.2, 0) is 4.74 Å². The number of nitrogens with zero attached hydrogens (tertiary/aromatic N) is 2. The fourth-order valence-electron chi connectivity index (χ4n) is 1.75. The third kappa shape index (κ3) is 2.25. The molecule has 0 amide bonds. The lowest BCUT2D eigenvalue weighted by atomic mass is 10.3. The van der Waals surface area contributed by atoms with Gasteiger partial charge in [-0.25, -0.2) is 4.98 Å². The highest BCUT2D eigenvalue weighted by Crippen LogP contribution is 2.18. The Morgan fingerprint density at radius 1 is 1.38 bits per heavy atom. The molecule has 0 N–H and O–H groups in total. The van der Waals surface area contributed by atoms with E-state index in [0.717, 1.165) is 30.5 Å². The molecule has 1 aromatic carbocycles. The fraction of sp³-hybridized carbons (Fsp3) is 0.462. The monoisotopic (exact) mass is 218 g/mol. The summed E-state index contributed by atoms with van der Waals surface area (Å²) in [6.45, 7) is 5.04. The van der Waals surface area contributed by atoms with Crippen molar-refractivity contribution in [3.05, 3.63) is 30.6 Å². The SMILES string of the molecule is CCCCOC(C)n1cnc2ccccc21. The molecular weight excluding hydrogens is 200 g/mol. The molecule has 3 nitrogen and oxygen atoms in total. The number of ether oxygens (including phenoxy) is 1. The highest BCUT2D eigenvalue weighted by atomic mass is 16.5. The van der Waals surface area contributed by atoms with Gasteiger partial charge in [-0.2, -0.15) is 0 Å². The summed E-state index contributed by atoms with van der Waals surface area (Å²) in [4.78, 5) is 4.35. The summed E-state index contributed by atoms with van der Waals surface area (Å²) in [5.74, 6) is 0. The van der Waals surface area contributed by atoms with Crippen LogP contribution in [0.3, 0.4) is 0 Å². The maximum absolute atomic E-state index is 5.76. The Hall–Kier alpha value is -1.35. The van der Waals surface area contributed by atoms with Crippen molar-refractivity contribution in [3.63, 3.8) is 0 Å². The van der Waals surface area contributed by atoms with Crippen molar-refractivity contribution in [3.8, 4) is 0 Å². The van der Waals surface area contributed by atoms with Crippen LogP contribution in [0.5, 0.6) is 0 Å². The molecule has 0 aliphatic heterocycles. The summed E-state index contributed by atoms with van der Waals surface area (Å²) >= 11 is 0. The number of imidazole rings is 1. The Morgan fingerprint density at radius 2 is 2.19 bits per heavy atom. The zero-order valence-corrected chi connectivity index (χ0v) is 9.89. The van der Waals surface area contributed by atoms with Gasteiger partial charge in [0.2, 0.25) is 0 Å². The van der Waals surface area contributed by atoms with Crippen molar-refractivity contribution in [2.45, 2.75) is 32.9 Å². The highest BCUT2D eigenvalue weighted by Gasteiger charge is 2.08. The number of para-hydroxylation sites is 2. The first-order valence-electron chi connectivity index (χ1n) is 5.86. The van der Waals surface area contributed by atoms with Crippen LogP contribution in [0.1, 0.15) is 32.9 Å². The molecule has 1 heterocycles. The average Bonchev–Trinajstić information content (AvgIpc) is 2.73. The minimum Gasteiger partial charge on any atom is -0.358 e. The Labute approximate surface area is 96.1 Å². The molecule has 0 fully saturated rings. The minimum atomic E-state index is 0.0546. The highest BCUT2D eigenvalue weighted by molar-refractivity contribution is 5.74. The Balaban J connectivity index is 2.13. The van der Waals surface area contributed by atoms with Gasteiger partial charge in [0.25, 0.3) is 0 Å². The maximum Gasteiger partial charge on any atom is 0.132 e. The van der Waals surface area contributed by atoms with Gasteiger partial charge in [0.15, 0.2) is 0 Å². The molecule has 86 valence electrons. The van der Waals surface area contributed by atoms with Crippen LogP contribution >= 0.6 is 0 Å².